The third-order valence-electron chi connectivity index (χ3n) is 2.88. The molecule has 0 bridgehead atoms. The van der Waals surface area contributed by atoms with Gasteiger partial charge < -0.3 is 14.5 Å². The van der Waals surface area contributed by atoms with Crippen LogP contribution in [0.1, 0.15) is 24.7 Å². The first kappa shape index (κ1) is 11.9. The average Bonchev–Trinajstić information content (AvgIpc) is 2.92. The molecule has 2 rings (SSSR count). The highest BCUT2D eigenvalue weighted by Gasteiger charge is 2.05. The van der Waals surface area contributed by atoms with Crippen LogP contribution in [0.2, 0.25) is 0 Å². The zero-order chi connectivity index (χ0) is 12.1. The summed E-state index contributed by atoms with van der Waals surface area (Å²) in [6.45, 7) is 5.02. The monoisotopic (exact) mass is 232 g/mol. The lowest BCUT2D eigenvalue weighted by Gasteiger charge is -2.11. The van der Waals surface area contributed by atoms with Crippen LogP contribution in [0.4, 0.5) is 0 Å². The zero-order valence-electron chi connectivity index (χ0n) is 10.6. The fourth-order valence-corrected chi connectivity index (χ4v) is 2.04. The lowest BCUT2D eigenvalue weighted by molar-refractivity contribution is 0.609. The molecular formula is C13H20N4. The number of rotatable bonds is 6. The van der Waals surface area contributed by atoms with Crippen LogP contribution in [-0.2, 0) is 19.6 Å². The molecule has 0 spiro atoms. The van der Waals surface area contributed by atoms with E-state index < -0.39 is 0 Å². The van der Waals surface area contributed by atoms with Crippen LogP contribution in [0, 0.1) is 0 Å². The maximum atomic E-state index is 4.23. The minimum absolute atomic E-state index is 0.893. The van der Waals surface area contributed by atoms with E-state index in [1.54, 1.807) is 0 Å². The van der Waals surface area contributed by atoms with Crippen LogP contribution in [0.5, 0.6) is 0 Å². The molecule has 0 aromatic carbocycles. The van der Waals surface area contributed by atoms with Crippen molar-refractivity contribution in [1.29, 1.82) is 0 Å². The second-order valence-corrected chi connectivity index (χ2v) is 4.24. The van der Waals surface area contributed by atoms with E-state index in [9.17, 15) is 0 Å². The maximum Gasteiger partial charge on any atom is 0.0948 e. The van der Waals surface area contributed by atoms with Gasteiger partial charge in [0, 0.05) is 31.2 Å². The third-order valence-corrected chi connectivity index (χ3v) is 2.88. The van der Waals surface area contributed by atoms with Gasteiger partial charge in [-0.05, 0) is 25.6 Å². The topological polar surface area (TPSA) is 34.8 Å². The summed E-state index contributed by atoms with van der Waals surface area (Å²) in [5.41, 5.74) is 2.57. The van der Waals surface area contributed by atoms with Crippen molar-refractivity contribution in [2.45, 2.75) is 33.0 Å². The van der Waals surface area contributed by atoms with Gasteiger partial charge in [0.15, 0.2) is 0 Å². The van der Waals surface area contributed by atoms with E-state index in [2.05, 4.69) is 44.7 Å². The summed E-state index contributed by atoms with van der Waals surface area (Å²) in [5.74, 6) is 0. The minimum Gasteiger partial charge on any atom is -0.344 e. The van der Waals surface area contributed by atoms with Gasteiger partial charge in [0.1, 0.15) is 0 Å². The van der Waals surface area contributed by atoms with Gasteiger partial charge in [-0.3, -0.25) is 0 Å². The largest absolute Gasteiger partial charge is 0.344 e. The van der Waals surface area contributed by atoms with Crippen molar-refractivity contribution in [3.05, 3.63) is 42.2 Å². The Hall–Kier alpha value is -1.55. The molecule has 0 radical (unpaired) electrons. The molecule has 1 N–H and O–H groups in total. The summed E-state index contributed by atoms with van der Waals surface area (Å²) >= 11 is 0. The lowest BCUT2D eigenvalue weighted by Crippen LogP contribution is -2.13. The first-order chi connectivity index (χ1) is 8.35. The lowest BCUT2D eigenvalue weighted by atomic mass is 10.3. The number of aromatic nitrogens is 3. The molecule has 2 aromatic rings. The highest BCUT2D eigenvalue weighted by molar-refractivity contribution is 5.10. The van der Waals surface area contributed by atoms with E-state index in [4.69, 9.17) is 0 Å². The Labute approximate surface area is 102 Å². The molecule has 17 heavy (non-hydrogen) atoms. The Morgan fingerprint density at radius 1 is 1.29 bits per heavy atom. The highest BCUT2D eigenvalue weighted by atomic mass is 15.1. The van der Waals surface area contributed by atoms with Crippen molar-refractivity contribution in [3.8, 4) is 0 Å². The predicted molar refractivity (Wildman–Crippen MR) is 68.8 cm³/mol. The molecule has 0 aliphatic carbocycles. The molecular weight excluding hydrogens is 212 g/mol. The van der Waals surface area contributed by atoms with Gasteiger partial charge in [-0.2, -0.15) is 0 Å². The summed E-state index contributed by atoms with van der Waals surface area (Å²) in [7, 11) is 1.97. The Kier molecular flexibility index (Phi) is 3.98. The van der Waals surface area contributed by atoms with Gasteiger partial charge in [0.2, 0.25) is 0 Å². The summed E-state index contributed by atoms with van der Waals surface area (Å²) in [5, 5.41) is 3.19. The second kappa shape index (κ2) is 5.68. The fourth-order valence-electron chi connectivity index (χ4n) is 2.04. The van der Waals surface area contributed by atoms with Gasteiger partial charge in [0.25, 0.3) is 0 Å². The second-order valence-electron chi connectivity index (χ2n) is 4.24. The van der Waals surface area contributed by atoms with Crippen LogP contribution in [0.3, 0.4) is 0 Å². The molecule has 0 fully saturated rings. The molecule has 0 unspecified atom stereocenters. The Morgan fingerprint density at radius 2 is 2.18 bits per heavy atom. The summed E-state index contributed by atoms with van der Waals surface area (Å²) < 4.78 is 4.49. The fraction of sp³-hybridized carbons (Fsp3) is 0.462. The van der Waals surface area contributed by atoms with Crippen molar-refractivity contribution in [2.24, 2.45) is 0 Å². The number of aryl methyl sites for hydroxylation is 1. The van der Waals surface area contributed by atoms with Crippen molar-refractivity contribution in [2.75, 3.05) is 7.05 Å². The van der Waals surface area contributed by atoms with E-state index in [0.29, 0.717) is 0 Å². The maximum absolute atomic E-state index is 4.23. The summed E-state index contributed by atoms with van der Waals surface area (Å²) in [6, 6.07) is 4.24. The first-order valence-electron chi connectivity index (χ1n) is 6.12. The Morgan fingerprint density at radius 3 is 2.94 bits per heavy atom. The molecule has 4 nitrogen and oxygen atoms in total. The van der Waals surface area contributed by atoms with Crippen LogP contribution in [0.15, 0.2) is 30.9 Å². The SMILES string of the molecule is CCCn1cncc1Cn1cccc1CNC. The molecule has 0 amide bonds. The third kappa shape index (κ3) is 2.77. The van der Waals surface area contributed by atoms with Crippen LogP contribution >= 0.6 is 0 Å². The van der Waals surface area contributed by atoms with Crippen LogP contribution < -0.4 is 5.32 Å². The summed E-state index contributed by atoms with van der Waals surface area (Å²) in [4.78, 5) is 4.23. The quantitative estimate of drug-likeness (QED) is 0.825. The number of imidazole rings is 1. The van der Waals surface area contributed by atoms with Crippen molar-refractivity contribution in [3.63, 3.8) is 0 Å². The van der Waals surface area contributed by atoms with E-state index >= 15 is 0 Å². The zero-order valence-corrected chi connectivity index (χ0v) is 10.6. The van der Waals surface area contributed by atoms with Crippen molar-refractivity contribution in [1.82, 2.24) is 19.4 Å². The molecule has 2 aromatic heterocycles. The van der Waals surface area contributed by atoms with Crippen LogP contribution in [-0.4, -0.2) is 21.2 Å². The predicted octanol–water partition coefficient (Wildman–Crippen LogP) is 1.86. The average molecular weight is 232 g/mol. The van der Waals surface area contributed by atoms with E-state index in [1.807, 2.05) is 19.6 Å². The van der Waals surface area contributed by atoms with Crippen molar-refractivity contribution >= 4 is 0 Å². The molecule has 0 saturated heterocycles. The molecule has 92 valence electrons. The van der Waals surface area contributed by atoms with Crippen LogP contribution in [0.25, 0.3) is 0 Å². The normalized spacial score (nSPS) is 10.9. The highest BCUT2D eigenvalue weighted by Crippen LogP contribution is 2.08. The smallest absolute Gasteiger partial charge is 0.0948 e. The van der Waals surface area contributed by atoms with Gasteiger partial charge in [-0.25, -0.2) is 4.98 Å². The first-order valence-corrected chi connectivity index (χ1v) is 6.12. The molecule has 0 atom stereocenters. The summed E-state index contributed by atoms with van der Waals surface area (Å²) in [6.07, 6.45) is 7.13. The van der Waals surface area contributed by atoms with Crippen molar-refractivity contribution < 1.29 is 0 Å². The molecule has 0 aliphatic heterocycles. The number of nitrogens with one attached hydrogen (secondary N) is 1. The standard InChI is InChI=1S/C13H20N4/c1-3-6-17-11-15-9-13(17)10-16-7-4-5-12(16)8-14-2/h4-5,7,9,11,14H,3,6,8,10H2,1-2H3. The van der Waals surface area contributed by atoms with E-state index in [0.717, 1.165) is 26.1 Å². The van der Waals surface area contributed by atoms with Gasteiger partial charge in [-0.1, -0.05) is 6.92 Å². The van der Waals surface area contributed by atoms with Gasteiger partial charge in [-0.15, -0.1) is 0 Å². The number of hydrogen-bond acceptors (Lipinski definition) is 2. The van der Waals surface area contributed by atoms with E-state index in [-0.39, 0.29) is 0 Å². The van der Waals surface area contributed by atoms with Gasteiger partial charge >= 0.3 is 0 Å². The minimum atomic E-state index is 0.893. The Bertz CT molecular complexity index is 413. The molecule has 2 heterocycles. The van der Waals surface area contributed by atoms with Gasteiger partial charge in [0.05, 0.1) is 18.6 Å². The number of nitrogens with zero attached hydrogens (tertiary/aromatic N) is 3. The Balaban J connectivity index is 2.13. The molecule has 4 heteroatoms. The number of hydrogen-bond donors (Lipinski definition) is 1. The van der Waals surface area contributed by atoms with E-state index in [1.165, 1.54) is 11.4 Å². The molecule has 0 aliphatic rings. The molecule has 0 saturated carbocycles.